The Bertz CT molecular complexity index is 319. The van der Waals surface area contributed by atoms with Gasteiger partial charge in [-0.2, -0.15) is 0 Å². The molecule has 0 fully saturated rings. The highest BCUT2D eigenvalue weighted by Crippen LogP contribution is 2.06. The topological polar surface area (TPSA) is 81.7 Å². The molecule has 0 spiro atoms. The third-order valence-corrected chi connectivity index (χ3v) is 1.84. The normalized spacial score (nSPS) is 12.5. The summed E-state index contributed by atoms with van der Waals surface area (Å²) >= 11 is 0. The van der Waals surface area contributed by atoms with Crippen LogP contribution in [0, 0.1) is 0 Å². The fourth-order valence-electron chi connectivity index (χ4n) is 1.17. The molecule has 0 aromatic heterocycles. The zero-order valence-electron chi connectivity index (χ0n) is 11.5. The van der Waals surface area contributed by atoms with Crippen molar-refractivity contribution in [1.82, 2.24) is 5.32 Å². The van der Waals surface area contributed by atoms with Crippen molar-refractivity contribution in [3.05, 3.63) is 0 Å². The predicted octanol–water partition coefficient (Wildman–Crippen LogP) is 1.42. The predicted molar refractivity (Wildman–Crippen MR) is 65.1 cm³/mol. The number of nitrogens with one attached hydrogen (secondary N) is 1. The summed E-state index contributed by atoms with van der Waals surface area (Å²) in [7, 11) is 0. The quantitative estimate of drug-likeness (QED) is 0.755. The summed E-state index contributed by atoms with van der Waals surface area (Å²) in [4.78, 5) is 33.2. The van der Waals surface area contributed by atoms with Crippen molar-refractivity contribution in [3.8, 4) is 0 Å². The van der Waals surface area contributed by atoms with Crippen LogP contribution in [-0.2, 0) is 19.1 Å². The van der Waals surface area contributed by atoms with E-state index in [1.807, 2.05) is 0 Å². The zero-order valence-corrected chi connectivity index (χ0v) is 11.5. The molecule has 1 N–H and O–H groups in total. The second kappa shape index (κ2) is 6.98. The Morgan fingerprint density at radius 1 is 1.17 bits per heavy atom. The number of ketones is 1. The number of ether oxygens (including phenoxy) is 2. The maximum Gasteiger partial charge on any atom is 0.407 e. The Labute approximate surface area is 107 Å². The van der Waals surface area contributed by atoms with Crippen LogP contribution in [0.25, 0.3) is 0 Å². The summed E-state index contributed by atoms with van der Waals surface area (Å²) in [5.41, 5.74) is -0.569. The van der Waals surface area contributed by atoms with Gasteiger partial charge in [0.1, 0.15) is 5.60 Å². The molecule has 0 aromatic carbocycles. The van der Waals surface area contributed by atoms with E-state index in [0.717, 1.165) is 0 Å². The van der Waals surface area contributed by atoms with Crippen LogP contribution in [-0.4, -0.2) is 36.1 Å². The molecule has 0 aromatic rings. The standard InChI is InChI=1S/C12H21NO5/c1-8(14)10(17-9(2)15)6-7-13-11(16)18-12(3,4)5/h10H,6-7H2,1-5H3,(H,13,16)/t10-/m0/s1. The molecule has 0 rings (SSSR count). The average Bonchev–Trinajstić information content (AvgIpc) is 2.12. The molecule has 0 heterocycles. The SMILES string of the molecule is CC(=O)O[C@@H](CCNC(=O)OC(C)(C)C)C(C)=O. The van der Waals surface area contributed by atoms with E-state index in [2.05, 4.69) is 5.32 Å². The highest BCUT2D eigenvalue weighted by Gasteiger charge is 2.19. The third-order valence-electron chi connectivity index (χ3n) is 1.84. The summed E-state index contributed by atoms with van der Waals surface area (Å²) in [5, 5.41) is 2.49. The maximum atomic E-state index is 11.3. The summed E-state index contributed by atoms with van der Waals surface area (Å²) in [6.45, 7) is 8.03. The van der Waals surface area contributed by atoms with E-state index < -0.39 is 23.8 Å². The van der Waals surface area contributed by atoms with Gasteiger partial charge in [0.15, 0.2) is 11.9 Å². The molecule has 0 aliphatic rings. The smallest absolute Gasteiger partial charge is 0.407 e. The molecule has 0 aliphatic carbocycles. The second-order valence-corrected chi connectivity index (χ2v) is 4.93. The summed E-state index contributed by atoms with van der Waals surface area (Å²) < 4.78 is 9.83. The number of hydrogen-bond donors (Lipinski definition) is 1. The number of carbonyl (C=O) groups is 3. The van der Waals surface area contributed by atoms with Crippen molar-refractivity contribution < 1.29 is 23.9 Å². The first-order chi connectivity index (χ1) is 8.11. The molecular weight excluding hydrogens is 238 g/mol. The van der Waals surface area contributed by atoms with Crippen LogP contribution in [0.4, 0.5) is 4.79 Å². The number of hydrogen-bond acceptors (Lipinski definition) is 5. The molecule has 6 nitrogen and oxygen atoms in total. The first kappa shape index (κ1) is 16.4. The van der Waals surface area contributed by atoms with Crippen molar-refractivity contribution in [1.29, 1.82) is 0 Å². The Balaban J connectivity index is 4.03. The van der Waals surface area contributed by atoms with Crippen LogP contribution in [0.2, 0.25) is 0 Å². The highest BCUT2D eigenvalue weighted by atomic mass is 16.6. The van der Waals surface area contributed by atoms with Gasteiger partial charge in [-0.1, -0.05) is 0 Å². The lowest BCUT2D eigenvalue weighted by molar-refractivity contribution is -0.152. The summed E-state index contributed by atoms with van der Waals surface area (Å²) in [6.07, 6.45) is -1.15. The van der Waals surface area contributed by atoms with Gasteiger partial charge < -0.3 is 14.8 Å². The van der Waals surface area contributed by atoms with E-state index >= 15 is 0 Å². The number of rotatable bonds is 5. The van der Waals surface area contributed by atoms with Gasteiger partial charge in [0.2, 0.25) is 0 Å². The molecule has 0 saturated carbocycles. The van der Waals surface area contributed by atoms with Crippen LogP contribution in [0.3, 0.4) is 0 Å². The van der Waals surface area contributed by atoms with Gasteiger partial charge >= 0.3 is 12.1 Å². The zero-order chi connectivity index (χ0) is 14.3. The van der Waals surface area contributed by atoms with Gasteiger partial charge in [-0.25, -0.2) is 4.79 Å². The Morgan fingerprint density at radius 2 is 1.72 bits per heavy atom. The average molecular weight is 259 g/mol. The van der Waals surface area contributed by atoms with Gasteiger partial charge in [0.25, 0.3) is 0 Å². The van der Waals surface area contributed by atoms with Crippen molar-refractivity contribution >= 4 is 17.8 Å². The Kier molecular flexibility index (Phi) is 6.36. The molecule has 104 valence electrons. The highest BCUT2D eigenvalue weighted by molar-refractivity contribution is 5.83. The molecule has 18 heavy (non-hydrogen) atoms. The van der Waals surface area contributed by atoms with E-state index in [0.29, 0.717) is 0 Å². The van der Waals surface area contributed by atoms with Crippen LogP contribution in [0.15, 0.2) is 0 Å². The lowest BCUT2D eigenvalue weighted by atomic mass is 10.2. The van der Waals surface area contributed by atoms with Crippen LogP contribution in [0.5, 0.6) is 0 Å². The van der Waals surface area contributed by atoms with Gasteiger partial charge in [0, 0.05) is 19.9 Å². The van der Waals surface area contributed by atoms with E-state index in [4.69, 9.17) is 9.47 Å². The molecule has 0 aliphatic heterocycles. The maximum absolute atomic E-state index is 11.3. The molecule has 6 heteroatoms. The number of alkyl carbamates (subject to hydrolysis) is 1. The lowest BCUT2D eigenvalue weighted by Gasteiger charge is -2.20. The summed E-state index contributed by atoms with van der Waals surface area (Å²) in [5.74, 6) is -0.774. The van der Waals surface area contributed by atoms with Crippen molar-refractivity contribution in [2.45, 2.75) is 52.7 Å². The fraction of sp³-hybridized carbons (Fsp3) is 0.750. The molecular formula is C12H21NO5. The van der Waals surface area contributed by atoms with Crippen LogP contribution < -0.4 is 5.32 Å². The Hall–Kier alpha value is -1.59. The minimum Gasteiger partial charge on any atom is -0.454 e. The molecule has 1 atom stereocenters. The van der Waals surface area contributed by atoms with Crippen LogP contribution >= 0.6 is 0 Å². The van der Waals surface area contributed by atoms with Crippen molar-refractivity contribution in [2.75, 3.05) is 6.54 Å². The molecule has 1 amide bonds. The van der Waals surface area contributed by atoms with E-state index in [1.54, 1.807) is 20.8 Å². The van der Waals surface area contributed by atoms with E-state index in [1.165, 1.54) is 13.8 Å². The van der Waals surface area contributed by atoms with Crippen molar-refractivity contribution in [3.63, 3.8) is 0 Å². The molecule has 0 bridgehead atoms. The Morgan fingerprint density at radius 3 is 2.11 bits per heavy atom. The van der Waals surface area contributed by atoms with Gasteiger partial charge in [0.05, 0.1) is 0 Å². The number of esters is 1. The largest absolute Gasteiger partial charge is 0.454 e. The molecule has 0 unspecified atom stereocenters. The second-order valence-electron chi connectivity index (χ2n) is 4.93. The number of Topliss-reactive ketones (excluding diaryl/α,β-unsaturated/α-hetero) is 1. The minimum atomic E-state index is -0.822. The number of carbonyl (C=O) groups excluding carboxylic acids is 3. The minimum absolute atomic E-state index is 0.201. The molecule has 0 radical (unpaired) electrons. The van der Waals surface area contributed by atoms with Crippen molar-refractivity contribution in [2.24, 2.45) is 0 Å². The fourth-order valence-corrected chi connectivity index (χ4v) is 1.17. The van der Waals surface area contributed by atoms with E-state index in [-0.39, 0.29) is 18.7 Å². The monoisotopic (exact) mass is 259 g/mol. The first-order valence-corrected chi connectivity index (χ1v) is 5.76. The van der Waals surface area contributed by atoms with Gasteiger partial charge in [-0.05, 0) is 27.7 Å². The van der Waals surface area contributed by atoms with E-state index in [9.17, 15) is 14.4 Å². The summed E-state index contributed by atoms with van der Waals surface area (Å²) in [6, 6.07) is 0. The van der Waals surface area contributed by atoms with Gasteiger partial charge in [-0.15, -0.1) is 0 Å². The number of amides is 1. The van der Waals surface area contributed by atoms with Crippen LogP contribution in [0.1, 0.15) is 41.0 Å². The molecule has 0 saturated heterocycles. The van der Waals surface area contributed by atoms with Gasteiger partial charge in [-0.3, -0.25) is 9.59 Å². The lowest BCUT2D eigenvalue weighted by Crippen LogP contribution is -2.35. The third kappa shape index (κ3) is 8.55. The first-order valence-electron chi connectivity index (χ1n) is 5.76.